The maximum Gasteiger partial charge on any atom is 0.255 e. The number of amides is 2. The lowest BCUT2D eigenvalue weighted by atomic mass is 10.1. The summed E-state index contributed by atoms with van der Waals surface area (Å²) in [7, 11) is 0. The fourth-order valence-electron chi connectivity index (χ4n) is 3.67. The van der Waals surface area contributed by atoms with Crippen molar-refractivity contribution >= 4 is 17.5 Å². The van der Waals surface area contributed by atoms with Crippen molar-refractivity contribution < 1.29 is 18.8 Å². The number of hydrogen-bond acceptors (Lipinski definition) is 5. The van der Waals surface area contributed by atoms with E-state index in [1.54, 1.807) is 48.5 Å². The Labute approximate surface area is 204 Å². The third-order valence-electron chi connectivity index (χ3n) is 5.73. The Balaban J connectivity index is 1.45. The van der Waals surface area contributed by atoms with Crippen molar-refractivity contribution in [1.29, 1.82) is 0 Å². The summed E-state index contributed by atoms with van der Waals surface area (Å²) in [5, 5.41) is 9.77. The summed E-state index contributed by atoms with van der Waals surface area (Å²) in [6, 6.07) is 23.3. The highest BCUT2D eigenvalue weighted by atomic mass is 16.5. The molecule has 178 valence electrons. The zero-order valence-electron chi connectivity index (χ0n) is 19.9. The number of carbonyl (C=O) groups excluding carboxylic acids is 2. The van der Waals surface area contributed by atoms with E-state index < -0.39 is 0 Å². The molecule has 0 fully saturated rings. The van der Waals surface area contributed by atoms with E-state index in [4.69, 9.17) is 9.26 Å². The molecule has 7 nitrogen and oxygen atoms in total. The van der Waals surface area contributed by atoms with Crippen LogP contribution in [-0.2, 0) is 6.61 Å². The largest absolute Gasteiger partial charge is 0.489 e. The second kappa shape index (κ2) is 10.7. The number of ether oxygens (including phenoxy) is 1. The van der Waals surface area contributed by atoms with Crippen molar-refractivity contribution in [1.82, 2.24) is 10.5 Å². The van der Waals surface area contributed by atoms with Crippen molar-refractivity contribution in [3.63, 3.8) is 0 Å². The first kappa shape index (κ1) is 23.8. The molecule has 3 aromatic carbocycles. The topological polar surface area (TPSA) is 93.5 Å². The summed E-state index contributed by atoms with van der Waals surface area (Å²) in [5.41, 5.74) is 3.87. The molecule has 1 heterocycles. The molecule has 1 aromatic heterocycles. The van der Waals surface area contributed by atoms with Crippen molar-refractivity contribution in [3.8, 4) is 5.75 Å². The first-order chi connectivity index (χ1) is 16.9. The second-order valence-corrected chi connectivity index (χ2v) is 8.22. The van der Waals surface area contributed by atoms with Crippen LogP contribution in [-0.4, -0.2) is 17.0 Å². The van der Waals surface area contributed by atoms with Gasteiger partial charge < -0.3 is 19.9 Å². The molecule has 4 rings (SSSR count). The lowest BCUT2D eigenvalue weighted by Crippen LogP contribution is -2.28. The maximum atomic E-state index is 13.0. The fourth-order valence-corrected chi connectivity index (χ4v) is 3.67. The van der Waals surface area contributed by atoms with Crippen LogP contribution in [0.15, 0.2) is 83.4 Å². The predicted octanol–water partition coefficient (Wildman–Crippen LogP) is 5.61. The summed E-state index contributed by atoms with van der Waals surface area (Å²) in [6.07, 6.45) is 0. The van der Waals surface area contributed by atoms with Gasteiger partial charge >= 0.3 is 0 Å². The highest BCUT2D eigenvalue weighted by Crippen LogP contribution is 2.21. The van der Waals surface area contributed by atoms with Crippen LogP contribution in [0.3, 0.4) is 0 Å². The average molecular weight is 470 g/mol. The van der Waals surface area contributed by atoms with E-state index in [1.807, 2.05) is 51.1 Å². The molecule has 0 radical (unpaired) electrons. The lowest BCUT2D eigenvalue weighted by molar-refractivity contribution is 0.0940. The van der Waals surface area contributed by atoms with Gasteiger partial charge in [0.15, 0.2) is 0 Å². The SMILES string of the molecule is Cc1noc(C)c1COc1cccc(C(=O)Nc2ccccc2C(=O)N[C@H](C)c2ccccc2)c1. The van der Waals surface area contributed by atoms with Gasteiger partial charge in [-0.2, -0.15) is 0 Å². The number of nitrogens with one attached hydrogen (secondary N) is 2. The minimum absolute atomic E-state index is 0.181. The van der Waals surface area contributed by atoms with Gasteiger partial charge in [0, 0.05) is 5.56 Å². The number of para-hydroxylation sites is 1. The van der Waals surface area contributed by atoms with E-state index in [1.165, 1.54) is 0 Å². The van der Waals surface area contributed by atoms with E-state index >= 15 is 0 Å². The van der Waals surface area contributed by atoms with Crippen LogP contribution in [0.1, 0.15) is 56.3 Å². The number of hydrogen-bond donors (Lipinski definition) is 2. The Morgan fingerprint density at radius 2 is 1.69 bits per heavy atom. The Morgan fingerprint density at radius 3 is 2.43 bits per heavy atom. The zero-order chi connectivity index (χ0) is 24.8. The van der Waals surface area contributed by atoms with Crippen LogP contribution in [0, 0.1) is 13.8 Å². The summed E-state index contributed by atoms with van der Waals surface area (Å²) in [4.78, 5) is 26.0. The minimum atomic E-state index is -0.343. The predicted molar refractivity (Wildman–Crippen MR) is 133 cm³/mol. The monoisotopic (exact) mass is 469 g/mol. The van der Waals surface area contributed by atoms with Gasteiger partial charge in [-0.1, -0.05) is 53.7 Å². The number of aromatic nitrogens is 1. The van der Waals surface area contributed by atoms with Gasteiger partial charge in [0.05, 0.1) is 28.6 Å². The van der Waals surface area contributed by atoms with Crippen LogP contribution in [0.5, 0.6) is 5.75 Å². The zero-order valence-corrected chi connectivity index (χ0v) is 19.9. The summed E-state index contributed by atoms with van der Waals surface area (Å²) in [6.45, 7) is 5.89. The molecule has 0 aliphatic carbocycles. The maximum absolute atomic E-state index is 13.0. The standard InChI is InChI=1S/C28H27N3O4/c1-18(21-10-5-4-6-11-21)29-28(33)24-14-7-8-15-26(24)30-27(32)22-12-9-13-23(16-22)34-17-25-19(2)31-35-20(25)3/h4-16,18H,17H2,1-3H3,(H,29,33)(H,30,32)/t18-/m1/s1. The molecular weight excluding hydrogens is 442 g/mol. The summed E-state index contributed by atoms with van der Waals surface area (Å²) < 4.78 is 11.0. The molecule has 2 N–H and O–H groups in total. The molecule has 0 aliphatic heterocycles. The molecular formula is C28H27N3O4. The molecule has 1 atom stereocenters. The van der Waals surface area contributed by atoms with Gasteiger partial charge in [0.25, 0.3) is 11.8 Å². The van der Waals surface area contributed by atoms with Crippen LogP contribution in [0.2, 0.25) is 0 Å². The molecule has 7 heteroatoms. The van der Waals surface area contributed by atoms with Crippen LogP contribution in [0.25, 0.3) is 0 Å². The Bertz CT molecular complexity index is 1310. The van der Waals surface area contributed by atoms with E-state index in [0.717, 1.165) is 16.8 Å². The Hall–Kier alpha value is -4.39. The summed E-state index contributed by atoms with van der Waals surface area (Å²) >= 11 is 0. The van der Waals surface area contributed by atoms with Crippen LogP contribution < -0.4 is 15.4 Å². The Morgan fingerprint density at radius 1 is 0.943 bits per heavy atom. The third kappa shape index (κ3) is 5.76. The number of carbonyl (C=O) groups is 2. The second-order valence-electron chi connectivity index (χ2n) is 8.22. The van der Waals surface area contributed by atoms with E-state index in [-0.39, 0.29) is 24.5 Å². The number of nitrogens with zero attached hydrogens (tertiary/aromatic N) is 1. The number of rotatable bonds is 8. The minimum Gasteiger partial charge on any atom is -0.489 e. The fraction of sp³-hybridized carbons (Fsp3) is 0.179. The highest BCUT2D eigenvalue weighted by molar-refractivity contribution is 6.09. The molecule has 2 amide bonds. The number of benzene rings is 3. The van der Waals surface area contributed by atoms with Crippen LogP contribution in [0.4, 0.5) is 5.69 Å². The van der Waals surface area contributed by atoms with Crippen molar-refractivity contribution in [3.05, 3.63) is 113 Å². The van der Waals surface area contributed by atoms with Crippen molar-refractivity contribution in [2.24, 2.45) is 0 Å². The van der Waals surface area contributed by atoms with Gasteiger partial charge in [-0.3, -0.25) is 9.59 Å². The van der Waals surface area contributed by atoms with Gasteiger partial charge in [0.2, 0.25) is 0 Å². The quantitative estimate of drug-likeness (QED) is 0.350. The first-order valence-electron chi connectivity index (χ1n) is 11.3. The highest BCUT2D eigenvalue weighted by Gasteiger charge is 2.17. The number of anilines is 1. The molecule has 0 bridgehead atoms. The van der Waals surface area contributed by atoms with Gasteiger partial charge in [-0.25, -0.2) is 0 Å². The Kier molecular flexibility index (Phi) is 7.26. The molecule has 35 heavy (non-hydrogen) atoms. The average Bonchev–Trinajstić information content (AvgIpc) is 3.20. The molecule has 4 aromatic rings. The van der Waals surface area contributed by atoms with Crippen molar-refractivity contribution in [2.45, 2.75) is 33.4 Å². The molecule has 0 saturated heterocycles. The molecule has 0 spiro atoms. The van der Waals surface area contributed by atoms with Gasteiger partial charge in [0.1, 0.15) is 18.1 Å². The molecule has 0 unspecified atom stereocenters. The molecule has 0 saturated carbocycles. The number of aryl methyl sites for hydroxylation is 2. The third-order valence-corrected chi connectivity index (χ3v) is 5.73. The van der Waals surface area contributed by atoms with E-state index in [9.17, 15) is 9.59 Å². The van der Waals surface area contributed by atoms with Gasteiger partial charge in [-0.15, -0.1) is 0 Å². The molecule has 0 aliphatic rings. The lowest BCUT2D eigenvalue weighted by Gasteiger charge is -2.16. The van der Waals surface area contributed by atoms with Gasteiger partial charge in [-0.05, 0) is 56.7 Å². The van der Waals surface area contributed by atoms with Crippen molar-refractivity contribution in [2.75, 3.05) is 5.32 Å². The van der Waals surface area contributed by atoms with E-state index in [2.05, 4.69) is 15.8 Å². The first-order valence-corrected chi connectivity index (χ1v) is 11.3. The van der Waals surface area contributed by atoms with E-state index in [0.29, 0.717) is 28.3 Å². The van der Waals surface area contributed by atoms with Crippen LogP contribution >= 0.6 is 0 Å². The normalized spacial score (nSPS) is 11.5. The smallest absolute Gasteiger partial charge is 0.255 e. The summed E-state index contributed by atoms with van der Waals surface area (Å²) in [5.74, 6) is 0.631.